The molecule has 0 bridgehead atoms. The van der Waals surface area contributed by atoms with Gasteiger partial charge in [0.05, 0.1) is 6.42 Å². The van der Waals surface area contributed by atoms with Gasteiger partial charge in [0.2, 0.25) is 5.91 Å². The van der Waals surface area contributed by atoms with Gasteiger partial charge in [0.1, 0.15) is 0 Å². The number of carboxylic acid groups (broad SMARTS) is 1. The first kappa shape index (κ1) is 17.8. The number of halogens is 2. The lowest BCUT2D eigenvalue weighted by atomic mass is 9.93. The topological polar surface area (TPSA) is 66.8 Å². The predicted octanol–water partition coefficient (Wildman–Crippen LogP) is 2.58. The molecule has 2 aliphatic rings. The number of amides is 1. The van der Waals surface area contributed by atoms with Crippen molar-refractivity contribution < 1.29 is 28.2 Å². The molecule has 1 N–H and O–H groups in total. The van der Waals surface area contributed by atoms with Crippen LogP contribution >= 0.6 is 0 Å². The van der Waals surface area contributed by atoms with Crippen LogP contribution in [-0.2, 0) is 20.9 Å². The highest BCUT2D eigenvalue weighted by Gasteiger charge is 2.58. The number of nitrogens with zero attached hydrogens (tertiary/aromatic N) is 1. The van der Waals surface area contributed by atoms with E-state index in [1.165, 1.54) is 17.0 Å². The van der Waals surface area contributed by atoms with Gasteiger partial charge in [-0.15, -0.1) is 0 Å². The standard InChI is InChI=1S/C18H21F2NO4/c19-14-3-1-2-12(16(14)20)11-21(7-4-15(22)23)17(24)13-10-18(13)5-8-25-9-6-18/h1-3,13H,4-11H2,(H,22,23)/t13-/m1/s1. The maximum atomic E-state index is 13.9. The summed E-state index contributed by atoms with van der Waals surface area (Å²) >= 11 is 0. The fraction of sp³-hybridized carbons (Fsp3) is 0.556. The zero-order valence-electron chi connectivity index (χ0n) is 13.8. The fourth-order valence-electron chi connectivity index (χ4n) is 3.62. The van der Waals surface area contributed by atoms with Crippen molar-refractivity contribution in [3.05, 3.63) is 35.4 Å². The van der Waals surface area contributed by atoms with Crippen molar-refractivity contribution >= 4 is 11.9 Å². The maximum absolute atomic E-state index is 13.9. The van der Waals surface area contributed by atoms with Crippen LogP contribution < -0.4 is 0 Å². The highest BCUT2D eigenvalue weighted by atomic mass is 19.2. The van der Waals surface area contributed by atoms with E-state index in [1.807, 2.05) is 0 Å². The third-order valence-corrected chi connectivity index (χ3v) is 5.28. The Hall–Kier alpha value is -2.02. The molecule has 136 valence electrons. The lowest BCUT2D eigenvalue weighted by molar-refractivity contribution is -0.139. The molecule has 1 saturated carbocycles. The van der Waals surface area contributed by atoms with Crippen LogP contribution in [-0.4, -0.2) is 41.6 Å². The van der Waals surface area contributed by atoms with Gasteiger partial charge >= 0.3 is 5.97 Å². The van der Waals surface area contributed by atoms with Gasteiger partial charge in [-0.25, -0.2) is 8.78 Å². The van der Waals surface area contributed by atoms with Crippen molar-refractivity contribution in [1.82, 2.24) is 4.90 Å². The molecule has 1 aliphatic carbocycles. The summed E-state index contributed by atoms with van der Waals surface area (Å²) in [6, 6.07) is 3.81. The van der Waals surface area contributed by atoms with Crippen LogP contribution in [0.15, 0.2) is 18.2 Å². The number of hydrogen-bond donors (Lipinski definition) is 1. The van der Waals surface area contributed by atoms with Crippen molar-refractivity contribution in [2.24, 2.45) is 11.3 Å². The second kappa shape index (κ2) is 7.07. The first-order valence-corrected chi connectivity index (χ1v) is 8.44. The van der Waals surface area contributed by atoms with Gasteiger partial charge in [0.15, 0.2) is 11.6 Å². The van der Waals surface area contributed by atoms with E-state index >= 15 is 0 Å². The number of aliphatic carboxylic acids is 1. The van der Waals surface area contributed by atoms with Crippen molar-refractivity contribution in [1.29, 1.82) is 0 Å². The summed E-state index contributed by atoms with van der Waals surface area (Å²) in [7, 11) is 0. The Morgan fingerprint density at radius 1 is 1.28 bits per heavy atom. The van der Waals surface area contributed by atoms with Gasteiger partial charge in [-0.1, -0.05) is 12.1 Å². The number of benzene rings is 1. The van der Waals surface area contributed by atoms with E-state index in [9.17, 15) is 18.4 Å². The highest BCUT2D eigenvalue weighted by molar-refractivity contribution is 5.83. The molecule has 1 spiro atoms. The molecule has 0 aromatic heterocycles. The van der Waals surface area contributed by atoms with E-state index in [0.29, 0.717) is 13.2 Å². The Bertz CT molecular complexity index is 673. The van der Waals surface area contributed by atoms with E-state index in [4.69, 9.17) is 9.84 Å². The monoisotopic (exact) mass is 353 g/mol. The normalized spacial score (nSPS) is 21.1. The third-order valence-electron chi connectivity index (χ3n) is 5.28. The number of ether oxygens (including phenoxy) is 1. The molecular formula is C18H21F2NO4. The molecular weight excluding hydrogens is 332 g/mol. The van der Waals surface area contributed by atoms with E-state index in [0.717, 1.165) is 25.3 Å². The van der Waals surface area contributed by atoms with Crippen LogP contribution in [0.25, 0.3) is 0 Å². The minimum Gasteiger partial charge on any atom is -0.481 e. The van der Waals surface area contributed by atoms with E-state index in [1.54, 1.807) is 0 Å². The third kappa shape index (κ3) is 3.81. The molecule has 0 unspecified atom stereocenters. The first-order valence-electron chi connectivity index (χ1n) is 8.44. The molecule has 5 nitrogen and oxygen atoms in total. The van der Waals surface area contributed by atoms with Crippen molar-refractivity contribution in [2.75, 3.05) is 19.8 Å². The minimum atomic E-state index is -1.03. The Labute approximate surface area is 144 Å². The minimum absolute atomic E-state index is 0.0206. The SMILES string of the molecule is O=C(O)CCN(Cc1cccc(F)c1F)C(=O)[C@H]1CC12CCOCC2. The number of carbonyl (C=O) groups excluding carboxylic acids is 1. The quantitative estimate of drug-likeness (QED) is 0.854. The Morgan fingerprint density at radius 2 is 2.00 bits per heavy atom. The Morgan fingerprint density at radius 3 is 2.68 bits per heavy atom. The van der Waals surface area contributed by atoms with Gasteiger partial charge in [-0.3, -0.25) is 9.59 Å². The summed E-state index contributed by atoms with van der Waals surface area (Å²) in [6.07, 6.45) is 2.14. The molecule has 25 heavy (non-hydrogen) atoms. The maximum Gasteiger partial charge on any atom is 0.305 e. The highest BCUT2D eigenvalue weighted by Crippen LogP contribution is 2.59. The van der Waals surface area contributed by atoms with Gasteiger partial charge in [0.25, 0.3) is 0 Å². The van der Waals surface area contributed by atoms with Crippen LogP contribution in [0, 0.1) is 23.0 Å². The van der Waals surface area contributed by atoms with Crippen molar-refractivity contribution in [2.45, 2.75) is 32.2 Å². The van der Waals surface area contributed by atoms with Gasteiger partial charge in [-0.05, 0) is 30.7 Å². The number of carbonyl (C=O) groups is 2. The zero-order chi connectivity index (χ0) is 18.0. The summed E-state index contributed by atoms with van der Waals surface area (Å²) < 4.78 is 32.7. The van der Waals surface area contributed by atoms with Crippen molar-refractivity contribution in [3.63, 3.8) is 0 Å². The van der Waals surface area contributed by atoms with Crippen LogP contribution in [0.4, 0.5) is 8.78 Å². The van der Waals surface area contributed by atoms with Gasteiger partial charge in [-0.2, -0.15) is 0 Å². The molecule has 7 heteroatoms. The first-order chi connectivity index (χ1) is 11.9. The van der Waals surface area contributed by atoms with Crippen LogP contribution in [0.2, 0.25) is 0 Å². The summed E-state index contributed by atoms with van der Waals surface area (Å²) in [5, 5.41) is 8.92. The number of carboxylic acids is 1. The summed E-state index contributed by atoms with van der Waals surface area (Å²) in [6.45, 7) is 1.10. The lowest BCUT2D eigenvalue weighted by Crippen LogP contribution is -2.36. The predicted molar refractivity (Wildman–Crippen MR) is 84.6 cm³/mol. The second-order valence-corrected chi connectivity index (χ2v) is 6.85. The van der Waals surface area contributed by atoms with Gasteiger partial charge < -0.3 is 14.7 Å². The molecule has 1 heterocycles. The van der Waals surface area contributed by atoms with E-state index in [2.05, 4.69) is 0 Å². The molecule has 0 radical (unpaired) electrons. The van der Waals surface area contributed by atoms with E-state index < -0.39 is 17.6 Å². The summed E-state index contributed by atoms with van der Waals surface area (Å²) in [5.41, 5.74) is -0.00230. The Balaban J connectivity index is 1.74. The fourth-order valence-corrected chi connectivity index (χ4v) is 3.62. The van der Waals surface area contributed by atoms with Crippen LogP contribution in [0.3, 0.4) is 0 Å². The summed E-state index contributed by atoms with van der Waals surface area (Å²) in [5.74, 6) is -3.36. The molecule has 1 saturated heterocycles. The second-order valence-electron chi connectivity index (χ2n) is 6.85. The zero-order valence-corrected chi connectivity index (χ0v) is 13.8. The Kier molecular flexibility index (Phi) is 5.03. The average Bonchev–Trinajstić information content (AvgIpc) is 3.28. The van der Waals surface area contributed by atoms with Crippen molar-refractivity contribution in [3.8, 4) is 0 Å². The lowest BCUT2D eigenvalue weighted by Gasteiger charge is -2.26. The molecule has 1 aromatic rings. The summed E-state index contributed by atoms with van der Waals surface area (Å²) in [4.78, 5) is 25.1. The molecule has 1 aromatic carbocycles. The smallest absolute Gasteiger partial charge is 0.305 e. The largest absolute Gasteiger partial charge is 0.481 e. The molecule has 1 amide bonds. The van der Waals surface area contributed by atoms with Crippen LogP contribution in [0.1, 0.15) is 31.2 Å². The number of rotatable bonds is 6. The van der Waals surface area contributed by atoms with E-state index in [-0.39, 0.29) is 42.3 Å². The molecule has 3 rings (SSSR count). The number of hydrogen-bond acceptors (Lipinski definition) is 3. The van der Waals surface area contributed by atoms with Crippen LogP contribution in [0.5, 0.6) is 0 Å². The average molecular weight is 353 g/mol. The molecule has 1 atom stereocenters. The molecule has 2 fully saturated rings. The van der Waals surface area contributed by atoms with Gasteiger partial charge in [0, 0.05) is 37.8 Å². The molecule has 1 aliphatic heterocycles.